The molecule has 3 N–H and O–H groups in total. The highest BCUT2D eigenvalue weighted by Crippen LogP contribution is 2.09. The Bertz CT molecular complexity index is 370. The minimum Gasteiger partial charge on any atom is -0.387 e. The minimum absolute atomic E-state index is 0.380. The van der Waals surface area contributed by atoms with Crippen molar-refractivity contribution in [1.29, 1.82) is 0 Å². The summed E-state index contributed by atoms with van der Waals surface area (Å²) >= 11 is 0. The van der Waals surface area contributed by atoms with Gasteiger partial charge in [-0.25, -0.2) is 0 Å². The van der Waals surface area contributed by atoms with Crippen LogP contribution in [0.25, 0.3) is 0 Å². The number of guanidine groups is 1. The summed E-state index contributed by atoms with van der Waals surface area (Å²) in [6.07, 6.45) is 2.45. The van der Waals surface area contributed by atoms with Crippen molar-refractivity contribution in [2.24, 2.45) is 4.99 Å². The van der Waals surface area contributed by atoms with Crippen LogP contribution in [-0.2, 0) is 4.74 Å². The molecule has 0 amide bonds. The Kier molecular flexibility index (Phi) is 11.0. The lowest BCUT2D eigenvalue weighted by molar-refractivity contribution is -0.0179. The zero-order valence-electron chi connectivity index (χ0n) is 16.7. The molecule has 1 atom stereocenters. The van der Waals surface area contributed by atoms with Crippen molar-refractivity contribution in [2.75, 3.05) is 72.6 Å². The summed E-state index contributed by atoms with van der Waals surface area (Å²) in [5.74, 6) is 0.772. The maximum Gasteiger partial charge on any atom is 0.191 e. The van der Waals surface area contributed by atoms with Crippen molar-refractivity contribution in [3.8, 4) is 0 Å². The van der Waals surface area contributed by atoms with Gasteiger partial charge in [-0.15, -0.1) is 0 Å². The van der Waals surface area contributed by atoms with Gasteiger partial charge in [-0.05, 0) is 33.9 Å². The van der Waals surface area contributed by atoms with E-state index >= 15 is 0 Å². The summed E-state index contributed by atoms with van der Waals surface area (Å²) in [5, 5.41) is 17.2. The van der Waals surface area contributed by atoms with Crippen LogP contribution in [0.4, 0.5) is 0 Å². The van der Waals surface area contributed by atoms with E-state index in [0.717, 1.165) is 58.4 Å². The van der Waals surface area contributed by atoms with E-state index in [1.54, 1.807) is 0 Å². The van der Waals surface area contributed by atoms with Crippen molar-refractivity contribution >= 4 is 5.96 Å². The Morgan fingerprint density at radius 1 is 1.24 bits per heavy atom. The normalized spacial score (nSPS) is 19.0. The molecule has 7 heteroatoms. The number of ether oxygens (including phenoxy) is 1. The van der Waals surface area contributed by atoms with Crippen molar-refractivity contribution < 1.29 is 9.84 Å². The van der Waals surface area contributed by atoms with Gasteiger partial charge in [0.1, 0.15) is 0 Å². The molecule has 0 aromatic rings. The Balaban J connectivity index is 2.39. The third kappa shape index (κ3) is 10.6. The summed E-state index contributed by atoms with van der Waals surface area (Å²) < 4.78 is 5.36. The molecule has 1 rings (SSSR count). The number of hydrogen-bond donors (Lipinski definition) is 3. The Hall–Kier alpha value is -0.890. The van der Waals surface area contributed by atoms with Gasteiger partial charge in [-0.1, -0.05) is 13.3 Å². The third-order valence-corrected chi connectivity index (χ3v) is 4.27. The minimum atomic E-state index is -0.836. The van der Waals surface area contributed by atoms with Gasteiger partial charge in [-0.3, -0.25) is 9.89 Å². The smallest absolute Gasteiger partial charge is 0.191 e. The fraction of sp³-hybridized carbons (Fsp3) is 0.944. The molecule has 0 radical (unpaired) electrons. The maximum absolute atomic E-state index is 10.6. The quantitative estimate of drug-likeness (QED) is 0.366. The Morgan fingerprint density at radius 3 is 2.60 bits per heavy atom. The first kappa shape index (κ1) is 22.2. The molecule has 1 saturated heterocycles. The first-order valence-electron chi connectivity index (χ1n) is 9.70. The zero-order chi connectivity index (χ0) is 18.5. The van der Waals surface area contributed by atoms with Crippen LogP contribution in [0.5, 0.6) is 0 Å². The second-order valence-electron chi connectivity index (χ2n) is 7.16. The number of likely N-dealkylation sites (N-methyl/N-ethyl adjacent to an activating group) is 1. The lowest BCUT2D eigenvalue weighted by atomic mass is 10.1. The van der Waals surface area contributed by atoms with Gasteiger partial charge in [0.05, 0.1) is 25.4 Å². The van der Waals surface area contributed by atoms with Crippen LogP contribution in [-0.4, -0.2) is 99.1 Å². The van der Waals surface area contributed by atoms with Crippen LogP contribution in [0.2, 0.25) is 0 Å². The molecule has 0 aliphatic carbocycles. The lowest BCUT2D eigenvalue weighted by Crippen LogP contribution is -2.48. The number of aliphatic imine (C=N–C) groups is 1. The molecular weight excluding hydrogens is 318 g/mol. The highest BCUT2D eigenvalue weighted by molar-refractivity contribution is 5.79. The third-order valence-electron chi connectivity index (χ3n) is 4.27. The maximum atomic E-state index is 10.6. The number of nitrogens with one attached hydrogen (secondary N) is 2. The summed E-state index contributed by atoms with van der Waals surface area (Å²) in [6.45, 7) is 14.1. The second kappa shape index (κ2) is 12.5. The van der Waals surface area contributed by atoms with E-state index in [9.17, 15) is 5.11 Å². The highest BCUT2D eigenvalue weighted by atomic mass is 16.5. The summed E-state index contributed by atoms with van der Waals surface area (Å²) in [5.41, 5.74) is -0.836. The summed E-state index contributed by atoms with van der Waals surface area (Å²) in [7, 11) is 2.15. The van der Waals surface area contributed by atoms with Gasteiger partial charge >= 0.3 is 0 Å². The molecule has 0 aromatic carbocycles. The number of β-amino-alcohol motifs (C(OH)–C–C–N with tert-alkyl or cyclic N) is 1. The molecule has 1 heterocycles. The molecule has 1 aliphatic heterocycles. The molecule has 1 aliphatic rings. The largest absolute Gasteiger partial charge is 0.387 e. The molecule has 0 spiro atoms. The average Bonchev–Trinajstić information content (AvgIpc) is 2.58. The molecule has 0 saturated carbocycles. The van der Waals surface area contributed by atoms with E-state index in [-0.39, 0.29) is 0 Å². The van der Waals surface area contributed by atoms with E-state index in [0.29, 0.717) is 13.1 Å². The Labute approximate surface area is 153 Å². The molecular formula is C18H39N5O2. The van der Waals surface area contributed by atoms with Crippen LogP contribution in [0.3, 0.4) is 0 Å². The standard InChI is InChI=1S/C18H39N5O2/c1-5-7-9-22(4)10-8-20-17(19-6-2)21-15-18(3,24)16-23-11-13-25-14-12-23/h24H,5-16H2,1-4H3,(H2,19,20,21). The monoisotopic (exact) mass is 357 g/mol. The topological polar surface area (TPSA) is 72.4 Å². The molecule has 1 unspecified atom stereocenters. The predicted molar refractivity (Wildman–Crippen MR) is 104 cm³/mol. The fourth-order valence-electron chi connectivity index (χ4n) is 2.79. The van der Waals surface area contributed by atoms with E-state index in [1.165, 1.54) is 12.8 Å². The fourth-order valence-corrected chi connectivity index (χ4v) is 2.79. The number of rotatable bonds is 11. The highest BCUT2D eigenvalue weighted by Gasteiger charge is 2.25. The number of hydrogen-bond acceptors (Lipinski definition) is 5. The van der Waals surface area contributed by atoms with Gasteiger partial charge in [0.15, 0.2) is 5.96 Å². The SMILES string of the molecule is CCCCN(C)CCNC(=NCC(C)(O)CN1CCOCC1)NCC. The molecule has 0 bridgehead atoms. The van der Waals surface area contributed by atoms with Gasteiger partial charge in [0.25, 0.3) is 0 Å². The van der Waals surface area contributed by atoms with Crippen LogP contribution in [0.15, 0.2) is 4.99 Å². The molecule has 25 heavy (non-hydrogen) atoms. The van der Waals surface area contributed by atoms with Gasteiger partial charge < -0.3 is 25.4 Å². The summed E-state index contributed by atoms with van der Waals surface area (Å²) in [6, 6.07) is 0. The molecule has 1 fully saturated rings. The van der Waals surface area contributed by atoms with Gasteiger partial charge in [0, 0.05) is 39.3 Å². The van der Waals surface area contributed by atoms with Gasteiger partial charge in [0.2, 0.25) is 0 Å². The van der Waals surface area contributed by atoms with E-state index in [2.05, 4.69) is 46.3 Å². The number of unbranched alkanes of at least 4 members (excludes halogenated alkanes) is 1. The van der Waals surface area contributed by atoms with Crippen LogP contribution in [0.1, 0.15) is 33.6 Å². The van der Waals surface area contributed by atoms with E-state index in [4.69, 9.17) is 4.74 Å². The number of aliphatic hydroxyl groups is 1. The van der Waals surface area contributed by atoms with Crippen molar-refractivity contribution in [3.63, 3.8) is 0 Å². The number of nitrogens with zero attached hydrogens (tertiary/aromatic N) is 3. The van der Waals surface area contributed by atoms with E-state index in [1.807, 2.05) is 6.92 Å². The van der Waals surface area contributed by atoms with Crippen LogP contribution in [0, 0.1) is 0 Å². The van der Waals surface area contributed by atoms with Crippen LogP contribution >= 0.6 is 0 Å². The van der Waals surface area contributed by atoms with Gasteiger partial charge in [-0.2, -0.15) is 0 Å². The van der Waals surface area contributed by atoms with Crippen molar-refractivity contribution in [3.05, 3.63) is 0 Å². The van der Waals surface area contributed by atoms with Crippen LogP contribution < -0.4 is 10.6 Å². The first-order valence-corrected chi connectivity index (χ1v) is 9.70. The van der Waals surface area contributed by atoms with Crippen molar-refractivity contribution in [2.45, 2.75) is 39.2 Å². The molecule has 148 valence electrons. The van der Waals surface area contributed by atoms with E-state index < -0.39 is 5.60 Å². The predicted octanol–water partition coefficient (Wildman–Crippen LogP) is 0.357. The Morgan fingerprint density at radius 2 is 1.96 bits per heavy atom. The first-order chi connectivity index (χ1) is 12.0. The second-order valence-corrected chi connectivity index (χ2v) is 7.16. The van der Waals surface area contributed by atoms with Crippen molar-refractivity contribution in [1.82, 2.24) is 20.4 Å². The number of morpholine rings is 1. The lowest BCUT2D eigenvalue weighted by Gasteiger charge is -2.33. The molecule has 0 aromatic heterocycles. The molecule has 7 nitrogen and oxygen atoms in total. The summed E-state index contributed by atoms with van der Waals surface area (Å²) in [4.78, 5) is 9.14. The average molecular weight is 358 g/mol. The zero-order valence-corrected chi connectivity index (χ0v) is 16.7.